The Morgan fingerprint density at radius 2 is 2.00 bits per heavy atom. The van der Waals surface area contributed by atoms with Gasteiger partial charge in [-0.15, -0.1) is 0 Å². The molecule has 0 rings (SSSR count). The van der Waals surface area contributed by atoms with Crippen LogP contribution in [0.4, 0.5) is 0 Å². The first-order valence-electron chi connectivity index (χ1n) is 4.04. The van der Waals surface area contributed by atoms with E-state index >= 15 is 0 Å². The maximum Gasteiger partial charge on any atom is 0.314 e. The van der Waals surface area contributed by atoms with Crippen molar-refractivity contribution in [2.75, 3.05) is 12.0 Å². The second-order valence-corrected chi connectivity index (χ2v) is 3.67. The fourth-order valence-electron chi connectivity index (χ4n) is 0.957. The Bertz CT molecular complexity index is 269. The van der Waals surface area contributed by atoms with Gasteiger partial charge in [0.2, 0.25) is 11.8 Å². The molecular weight excluding hydrogens is 220 g/mol. The number of amides is 2. The highest BCUT2D eigenvalue weighted by Gasteiger charge is 2.33. The standard InChI is InChI=1S/C8H13N2O4S/c1-4(11)10-6(7(9)12)5(3-15-2)8(13)14/h6H,3H2,1-2H3,(H2,9,12)(H,10,11)(H,13,14). The fourth-order valence-corrected chi connectivity index (χ4v) is 1.56. The molecule has 85 valence electrons. The van der Waals surface area contributed by atoms with Gasteiger partial charge in [0.25, 0.3) is 0 Å². The van der Waals surface area contributed by atoms with Crippen molar-refractivity contribution in [3.05, 3.63) is 5.92 Å². The van der Waals surface area contributed by atoms with Crippen LogP contribution < -0.4 is 11.1 Å². The molecule has 0 heterocycles. The van der Waals surface area contributed by atoms with Gasteiger partial charge in [-0.25, -0.2) is 0 Å². The van der Waals surface area contributed by atoms with Gasteiger partial charge in [0.15, 0.2) is 0 Å². The Balaban J connectivity index is 4.74. The van der Waals surface area contributed by atoms with E-state index in [0.717, 1.165) is 0 Å². The molecule has 0 aromatic heterocycles. The number of rotatable bonds is 6. The zero-order valence-corrected chi connectivity index (χ0v) is 9.26. The van der Waals surface area contributed by atoms with Crippen LogP contribution in [0.3, 0.4) is 0 Å². The number of primary amides is 1. The summed E-state index contributed by atoms with van der Waals surface area (Å²) in [7, 11) is 0. The molecule has 0 fully saturated rings. The summed E-state index contributed by atoms with van der Waals surface area (Å²) in [5, 5.41) is 11.0. The van der Waals surface area contributed by atoms with Crippen LogP contribution in [-0.4, -0.2) is 40.9 Å². The molecule has 1 unspecified atom stereocenters. The van der Waals surface area contributed by atoms with Gasteiger partial charge in [0.05, 0.1) is 0 Å². The van der Waals surface area contributed by atoms with Gasteiger partial charge in [0.1, 0.15) is 12.0 Å². The third-order valence-electron chi connectivity index (χ3n) is 1.56. The van der Waals surface area contributed by atoms with Crippen molar-refractivity contribution in [2.45, 2.75) is 13.0 Å². The third kappa shape index (κ3) is 4.68. The lowest BCUT2D eigenvalue weighted by Crippen LogP contribution is -2.50. The summed E-state index contributed by atoms with van der Waals surface area (Å²) in [5.41, 5.74) is 5.01. The quantitative estimate of drug-likeness (QED) is 0.545. The lowest BCUT2D eigenvalue weighted by Gasteiger charge is -2.20. The van der Waals surface area contributed by atoms with Gasteiger partial charge < -0.3 is 16.2 Å². The van der Waals surface area contributed by atoms with Crippen LogP contribution in [-0.2, 0) is 14.4 Å². The number of hydrogen-bond acceptors (Lipinski definition) is 4. The minimum absolute atomic E-state index is 0.120. The van der Waals surface area contributed by atoms with E-state index in [1.165, 1.54) is 18.7 Å². The van der Waals surface area contributed by atoms with Crippen LogP contribution >= 0.6 is 11.8 Å². The Morgan fingerprint density at radius 3 is 2.27 bits per heavy atom. The topological polar surface area (TPSA) is 109 Å². The molecule has 0 bridgehead atoms. The molecule has 7 heteroatoms. The van der Waals surface area contributed by atoms with Crippen LogP contribution in [0.2, 0.25) is 0 Å². The number of nitrogens with one attached hydrogen (secondary N) is 1. The van der Waals surface area contributed by atoms with Crippen molar-refractivity contribution in [1.82, 2.24) is 5.32 Å². The molecule has 0 aliphatic carbocycles. The molecular formula is C8H13N2O4S. The van der Waals surface area contributed by atoms with E-state index in [9.17, 15) is 14.4 Å². The van der Waals surface area contributed by atoms with Crippen molar-refractivity contribution in [1.29, 1.82) is 0 Å². The maximum absolute atomic E-state index is 11.0. The third-order valence-corrected chi connectivity index (χ3v) is 2.15. The Morgan fingerprint density at radius 1 is 1.47 bits per heavy atom. The zero-order chi connectivity index (χ0) is 12.0. The summed E-state index contributed by atoms with van der Waals surface area (Å²) in [5.74, 6) is -2.61. The van der Waals surface area contributed by atoms with E-state index in [-0.39, 0.29) is 11.7 Å². The number of carboxylic acid groups (broad SMARTS) is 1. The number of hydrogen-bond donors (Lipinski definition) is 3. The predicted octanol–water partition coefficient (Wildman–Crippen LogP) is -1.00. The Labute approximate surface area is 91.6 Å². The van der Waals surface area contributed by atoms with E-state index in [2.05, 4.69) is 5.32 Å². The maximum atomic E-state index is 11.0. The van der Waals surface area contributed by atoms with Gasteiger partial charge in [-0.3, -0.25) is 14.4 Å². The summed E-state index contributed by atoms with van der Waals surface area (Å²) >= 11 is 1.23. The molecule has 0 saturated heterocycles. The monoisotopic (exact) mass is 233 g/mol. The fraction of sp³-hybridized carbons (Fsp3) is 0.500. The SMILES string of the molecule is CSC[C](C(=O)O)C(NC(C)=O)C(N)=O. The molecule has 0 aromatic rings. The van der Waals surface area contributed by atoms with Gasteiger partial charge >= 0.3 is 5.97 Å². The van der Waals surface area contributed by atoms with Crippen molar-refractivity contribution < 1.29 is 19.5 Å². The number of aliphatic carboxylic acids is 1. The lowest BCUT2D eigenvalue weighted by molar-refractivity contribution is -0.137. The predicted molar refractivity (Wildman–Crippen MR) is 56.1 cm³/mol. The second kappa shape index (κ2) is 6.28. The summed E-state index contributed by atoms with van der Waals surface area (Å²) in [4.78, 5) is 32.5. The summed E-state index contributed by atoms with van der Waals surface area (Å²) in [6.07, 6.45) is 1.69. The minimum atomic E-state index is -1.24. The van der Waals surface area contributed by atoms with Crippen molar-refractivity contribution >= 4 is 29.5 Å². The number of carbonyl (C=O) groups is 3. The summed E-state index contributed by atoms with van der Waals surface area (Å²) in [6, 6.07) is -1.24. The molecule has 1 atom stereocenters. The molecule has 0 saturated carbocycles. The molecule has 0 aliphatic heterocycles. The molecule has 0 aliphatic rings. The van der Waals surface area contributed by atoms with E-state index in [4.69, 9.17) is 10.8 Å². The molecule has 2 amide bonds. The molecule has 1 radical (unpaired) electrons. The first-order valence-corrected chi connectivity index (χ1v) is 5.44. The van der Waals surface area contributed by atoms with Gasteiger partial charge in [0, 0.05) is 12.7 Å². The van der Waals surface area contributed by atoms with Crippen LogP contribution in [0, 0.1) is 5.92 Å². The largest absolute Gasteiger partial charge is 0.481 e. The van der Waals surface area contributed by atoms with Crippen molar-refractivity contribution in [3.63, 3.8) is 0 Å². The molecule has 4 N–H and O–H groups in total. The van der Waals surface area contributed by atoms with E-state index in [1.54, 1.807) is 6.26 Å². The molecule has 6 nitrogen and oxygen atoms in total. The summed E-state index contributed by atoms with van der Waals surface area (Å²) in [6.45, 7) is 1.19. The van der Waals surface area contributed by atoms with Crippen molar-refractivity contribution in [2.24, 2.45) is 5.73 Å². The van der Waals surface area contributed by atoms with E-state index < -0.39 is 23.8 Å². The average Bonchev–Trinajstić information content (AvgIpc) is 2.09. The minimum Gasteiger partial charge on any atom is -0.481 e. The summed E-state index contributed by atoms with van der Waals surface area (Å²) < 4.78 is 0. The molecule has 15 heavy (non-hydrogen) atoms. The van der Waals surface area contributed by atoms with E-state index in [1.807, 2.05) is 0 Å². The van der Waals surface area contributed by atoms with Crippen LogP contribution in [0.5, 0.6) is 0 Å². The van der Waals surface area contributed by atoms with Crippen LogP contribution in [0.25, 0.3) is 0 Å². The van der Waals surface area contributed by atoms with Gasteiger partial charge in [-0.1, -0.05) is 0 Å². The highest BCUT2D eigenvalue weighted by Crippen LogP contribution is 2.13. The van der Waals surface area contributed by atoms with Crippen LogP contribution in [0.15, 0.2) is 0 Å². The van der Waals surface area contributed by atoms with E-state index in [0.29, 0.717) is 0 Å². The number of nitrogens with two attached hydrogens (primary N) is 1. The normalized spacial score (nSPS) is 12.2. The first kappa shape index (κ1) is 13.8. The Kier molecular flexibility index (Phi) is 5.76. The van der Waals surface area contributed by atoms with Gasteiger partial charge in [-0.05, 0) is 6.26 Å². The number of carboxylic acids is 1. The molecule has 0 spiro atoms. The highest BCUT2D eigenvalue weighted by atomic mass is 32.2. The van der Waals surface area contributed by atoms with Gasteiger partial charge in [-0.2, -0.15) is 11.8 Å². The second-order valence-electron chi connectivity index (χ2n) is 2.80. The first-order chi connectivity index (χ1) is 6.90. The van der Waals surface area contributed by atoms with Crippen molar-refractivity contribution in [3.8, 4) is 0 Å². The Hall–Kier alpha value is -1.24. The lowest BCUT2D eigenvalue weighted by atomic mass is 10.0. The zero-order valence-electron chi connectivity index (χ0n) is 8.44. The average molecular weight is 233 g/mol. The van der Waals surface area contributed by atoms with Crippen LogP contribution in [0.1, 0.15) is 6.92 Å². The highest BCUT2D eigenvalue weighted by molar-refractivity contribution is 7.98. The molecule has 0 aromatic carbocycles. The number of carbonyl (C=O) groups excluding carboxylic acids is 2. The number of thioether (sulfide) groups is 1. The smallest absolute Gasteiger partial charge is 0.314 e.